The molecule has 0 radical (unpaired) electrons. The average Bonchev–Trinajstić information content (AvgIpc) is 2.60. The number of nitrogens with zero attached hydrogens (tertiary/aromatic N) is 1. The van der Waals surface area contributed by atoms with Crippen molar-refractivity contribution in [1.82, 2.24) is 4.90 Å². The van der Waals surface area contributed by atoms with Gasteiger partial charge in [-0.3, -0.25) is 9.69 Å². The zero-order valence-electron chi connectivity index (χ0n) is 13.4. The number of likely N-dealkylation sites (tertiary alicyclic amines) is 1. The first-order valence-corrected chi connectivity index (χ1v) is 7.02. The van der Waals surface area contributed by atoms with Crippen LogP contribution in [0.4, 0.5) is 0 Å². The van der Waals surface area contributed by atoms with E-state index in [2.05, 4.69) is 25.7 Å². The summed E-state index contributed by atoms with van der Waals surface area (Å²) in [5, 5.41) is 9.75. The molecule has 3 heteroatoms. The van der Waals surface area contributed by atoms with E-state index in [4.69, 9.17) is 0 Å². The number of rotatable bonds is 1. The summed E-state index contributed by atoms with van der Waals surface area (Å²) < 4.78 is 0. The van der Waals surface area contributed by atoms with Crippen LogP contribution in [0.3, 0.4) is 0 Å². The van der Waals surface area contributed by atoms with Crippen molar-refractivity contribution in [3.8, 4) is 0 Å². The first-order chi connectivity index (χ1) is 8.03. The summed E-state index contributed by atoms with van der Waals surface area (Å²) in [7, 11) is 0. The molecule has 3 nitrogen and oxygen atoms in total. The number of ketones is 1. The normalized spacial score (nSPS) is 25.6. The molecule has 0 aromatic carbocycles. The van der Waals surface area contributed by atoms with Crippen LogP contribution in [0.25, 0.3) is 0 Å². The van der Waals surface area contributed by atoms with Crippen LogP contribution in [0.2, 0.25) is 0 Å². The van der Waals surface area contributed by atoms with Gasteiger partial charge in [-0.2, -0.15) is 0 Å². The first-order valence-electron chi connectivity index (χ1n) is 7.02. The molecule has 2 unspecified atom stereocenters. The van der Waals surface area contributed by atoms with Crippen molar-refractivity contribution in [3.63, 3.8) is 0 Å². The third kappa shape index (κ3) is 4.36. The number of carbonyl (C=O) groups excluding carboxylic acids is 1. The third-order valence-electron chi connectivity index (χ3n) is 3.18. The van der Waals surface area contributed by atoms with Crippen molar-refractivity contribution >= 4 is 5.78 Å². The molecule has 1 heterocycles. The standard InChI is InChI=1S/C13H25NO2.C2H6/c1-12(2,3)11(16)10-7-9(15)8-14(10)13(4,5)6;1-2/h9-10,15H,7-8H2,1-6H3;1-2H3. The molecule has 0 bridgehead atoms. The van der Waals surface area contributed by atoms with Crippen molar-refractivity contribution in [1.29, 1.82) is 0 Å². The molecule has 1 aliphatic heterocycles. The van der Waals surface area contributed by atoms with Crippen LogP contribution in [-0.2, 0) is 4.79 Å². The number of hydrogen-bond donors (Lipinski definition) is 1. The third-order valence-corrected chi connectivity index (χ3v) is 3.18. The van der Waals surface area contributed by atoms with Gasteiger partial charge in [0.25, 0.3) is 0 Å². The predicted octanol–water partition coefficient (Wildman–Crippen LogP) is 2.86. The molecule has 18 heavy (non-hydrogen) atoms. The molecule has 108 valence electrons. The lowest BCUT2D eigenvalue weighted by molar-refractivity contribution is -0.132. The van der Waals surface area contributed by atoms with E-state index >= 15 is 0 Å². The minimum Gasteiger partial charge on any atom is -0.392 e. The van der Waals surface area contributed by atoms with Crippen molar-refractivity contribution < 1.29 is 9.90 Å². The number of aliphatic hydroxyl groups is 1. The van der Waals surface area contributed by atoms with Gasteiger partial charge in [-0.15, -0.1) is 0 Å². The van der Waals surface area contributed by atoms with Gasteiger partial charge in [-0.25, -0.2) is 0 Å². The Morgan fingerprint density at radius 1 is 1.11 bits per heavy atom. The second-order valence-corrected chi connectivity index (χ2v) is 6.84. The molecule has 1 saturated heterocycles. The molecule has 0 aromatic heterocycles. The van der Waals surface area contributed by atoms with Gasteiger partial charge in [0.05, 0.1) is 12.1 Å². The summed E-state index contributed by atoms with van der Waals surface area (Å²) in [4.78, 5) is 14.4. The van der Waals surface area contributed by atoms with E-state index in [0.717, 1.165) is 0 Å². The van der Waals surface area contributed by atoms with Crippen LogP contribution in [0.15, 0.2) is 0 Å². The van der Waals surface area contributed by atoms with Gasteiger partial charge >= 0.3 is 0 Å². The Kier molecular flexibility index (Phi) is 6.02. The van der Waals surface area contributed by atoms with Crippen LogP contribution in [0.5, 0.6) is 0 Å². The highest BCUT2D eigenvalue weighted by Gasteiger charge is 2.44. The number of aliphatic hydroxyl groups excluding tert-OH is 1. The predicted molar refractivity (Wildman–Crippen MR) is 76.7 cm³/mol. The van der Waals surface area contributed by atoms with Crippen molar-refractivity contribution in [3.05, 3.63) is 0 Å². The van der Waals surface area contributed by atoms with Crippen molar-refractivity contribution in [2.24, 2.45) is 5.41 Å². The lowest BCUT2D eigenvalue weighted by Gasteiger charge is -2.38. The second-order valence-electron chi connectivity index (χ2n) is 6.84. The van der Waals surface area contributed by atoms with Gasteiger partial charge in [-0.1, -0.05) is 34.6 Å². The molecule has 0 amide bonds. The Morgan fingerprint density at radius 2 is 1.56 bits per heavy atom. The molecule has 0 saturated carbocycles. The number of hydrogen-bond acceptors (Lipinski definition) is 3. The molecular formula is C15H31NO2. The Balaban J connectivity index is 0.00000137. The Hall–Kier alpha value is -0.410. The summed E-state index contributed by atoms with van der Waals surface area (Å²) in [6.07, 6.45) is 0.212. The van der Waals surface area contributed by atoms with E-state index in [-0.39, 0.29) is 28.9 Å². The molecular weight excluding hydrogens is 226 g/mol. The highest BCUT2D eigenvalue weighted by Crippen LogP contribution is 2.31. The molecule has 0 aliphatic carbocycles. The van der Waals surface area contributed by atoms with E-state index in [1.54, 1.807) is 0 Å². The fourth-order valence-electron chi connectivity index (χ4n) is 2.30. The van der Waals surface area contributed by atoms with Gasteiger partial charge in [0.2, 0.25) is 0 Å². The van der Waals surface area contributed by atoms with E-state index in [1.165, 1.54) is 0 Å². The minimum absolute atomic E-state index is 0.0664. The monoisotopic (exact) mass is 257 g/mol. The lowest BCUT2D eigenvalue weighted by atomic mass is 9.84. The van der Waals surface area contributed by atoms with Gasteiger partial charge < -0.3 is 5.11 Å². The van der Waals surface area contributed by atoms with E-state index in [0.29, 0.717) is 13.0 Å². The SMILES string of the molecule is CC.CC(C)(C)C(=O)C1CC(O)CN1C(C)(C)C. The zero-order chi connectivity index (χ0) is 14.7. The van der Waals surface area contributed by atoms with Crippen LogP contribution in [0.1, 0.15) is 61.8 Å². The fourth-order valence-corrected chi connectivity index (χ4v) is 2.30. The number of carbonyl (C=O) groups is 1. The fraction of sp³-hybridized carbons (Fsp3) is 0.933. The second kappa shape index (κ2) is 6.16. The molecule has 2 atom stereocenters. The molecule has 0 spiro atoms. The maximum atomic E-state index is 12.3. The van der Waals surface area contributed by atoms with Gasteiger partial charge in [0, 0.05) is 17.5 Å². The summed E-state index contributed by atoms with van der Waals surface area (Å²) >= 11 is 0. The maximum absolute atomic E-state index is 12.3. The maximum Gasteiger partial charge on any atom is 0.155 e. The number of β-amino-alcohol motifs (C(OH)–C–C–N with tert-alkyl or cyclic N) is 1. The van der Waals surface area contributed by atoms with E-state index in [9.17, 15) is 9.90 Å². The first kappa shape index (κ1) is 17.6. The number of Topliss-reactive ketones (excluding diaryl/α,β-unsaturated/α-hetero) is 1. The zero-order valence-corrected chi connectivity index (χ0v) is 13.4. The smallest absolute Gasteiger partial charge is 0.155 e. The van der Waals surface area contributed by atoms with Crippen LogP contribution in [0, 0.1) is 5.41 Å². The largest absolute Gasteiger partial charge is 0.392 e. The Labute approximate surface area is 113 Å². The van der Waals surface area contributed by atoms with Crippen LogP contribution >= 0.6 is 0 Å². The highest BCUT2D eigenvalue weighted by molar-refractivity contribution is 5.89. The summed E-state index contributed by atoms with van der Waals surface area (Å²) in [6, 6.07) is -0.130. The molecule has 1 rings (SSSR count). The Morgan fingerprint density at radius 3 is 1.89 bits per heavy atom. The molecule has 1 aliphatic rings. The van der Waals surface area contributed by atoms with E-state index in [1.807, 2.05) is 34.6 Å². The summed E-state index contributed by atoms with van der Waals surface area (Å²) in [5.74, 6) is 0.235. The van der Waals surface area contributed by atoms with Crippen LogP contribution < -0.4 is 0 Å². The molecule has 1 fully saturated rings. The summed E-state index contributed by atoms with van der Waals surface area (Å²) in [5.41, 5.74) is -0.402. The average molecular weight is 257 g/mol. The molecule has 0 aromatic rings. The highest BCUT2D eigenvalue weighted by atomic mass is 16.3. The van der Waals surface area contributed by atoms with Gasteiger partial charge in [0.15, 0.2) is 5.78 Å². The quantitative estimate of drug-likeness (QED) is 0.785. The Bertz CT molecular complexity index is 273. The van der Waals surface area contributed by atoms with E-state index < -0.39 is 0 Å². The summed E-state index contributed by atoms with van der Waals surface area (Å²) in [6.45, 7) is 16.7. The van der Waals surface area contributed by atoms with Gasteiger partial charge in [0.1, 0.15) is 0 Å². The van der Waals surface area contributed by atoms with Crippen molar-refractivity contribution in [2.45, 2.75) is 79.5 Å². The van der Waals surface area contributed by atoms with Gasteiger partial charge in [-0.05, 0) is 27.2 Å². The minimum atomic E-state index is -0.365. The molecule has 1 N–H and O–H groups in total. The topological polar surface area (TPSA) is 40.5 Å². The van der Waals surface area contributed by atoms with Crippen LogP contribution in [-0.4, -0.2) is 40.0 Å². The van der Waals surface area contributed by atoms with Crippen molar-refractivity contribution in [2.75, 3.05) is 6.54 Å². The lowest BCUT2D eigenvalue weighted by Crippen LogP contribution is -2.50.